The van der Waals surface area contributed by atoms with Gasteiger partial charge in [0.15, 0.2) is 4.60 Å². The number of aryl methyl sites for hydroxylation is 1. The van der Waals surface area contributed by atoms with Gasteiger partial charge >= 0.3 is 0 Å². The molecule has 1 aliphatic carbocycles. The van der Waals surface area contributed by atoms with Gasteiger partial charge in [0.05, 0.1) is 5.69 Å². The average molecular weight is 301 g/mol. The molecule has 1 N–H and O–H groups in total. The van der Waals surface area contributed by atoms with Crippen molar-refractivity contribution in [3.05, 3.63) is 10.3 Å². The summed E-state index contributed by atoms with van der Waals surface area (Å²) in [7, 11) is 1.98. The molecule has 17 heavy (non-hydrogen) atoms. The van der Waals surface area contributed by atoms with Crippen molar-refractivity contribution in [2.24, 2.45) is 18.9 Å². The van der Waals surface area contributed by atoms with E-state index >= 15 is 0 Å². The van der Waals surface area contributed by atoms with Gasteiger partial charge in [-0.15, -0.1) is 5.10 Å². The monoisotopic (exact) mass is 300 g/mol. The molecule has 1 aromatic heterocycles. The zero-order valence-electron chi connectivity index (χ0n) is 10.8. The van der Waals surface area contributed by atoms with Crippen molar-refractivity contribution in [1.29, 1.82) is 0 Å². The minimum absolute atomic E-state index is 0.615. The molecule has 0 bridgehead atoms. The molecule has 1 aromatic rings. The fraction of sp³-hybridized carbons (Fsp3) is 0.833. The van der Waals surface area contributed by atoms with Crippen LogP contribution in [0, 0.1) is 11.8 Å². The summed E-state index contributed by atoms with van der Waals surface area (Å²) < 4.78 is 2.82. The van der Waals surface area contributed by atoms with Crippen LogP contribution in [0.1, 0.15) is 38.3 Å². The summed E-state index contributed by atoms with van der Waals surface area (Å²) in [5.41, 5.74) is 1.26. The van der Waals surface area contributed by atoms with Crippen molar-refractivity contribution in [3.63, 3.8) is 0 Å². The normalized spacial score (nSPS) is 24.1. The first-order valence-electron chi connectivity index (χ1n) is 6.35. The van der Waals surface area contributed by atoms with Crippen LogP contribution in [0.15, 0.2) is 4.60 Å². The number of nitrogens with zero attached hydrogens (tertiary/aromatic N) is 3. The van der Waals surface area contributed by atoms with E-state index in [0.29, 0.717) is 5.92 Å². The molecular formula is C12H21BrN4. The molecule has 4 nitrogen and oxygen atoms in total. The lowest BCUT2D eigenvalue weighted by atomic mass is 9.72. The zero-order chi connectivity index (χ0) is 12.4. The van der Waals surface area contributed by atoms with E-state index in [1.54, 1.807) is 0 Å². The highest BCUT2D eigenvalue weighted by atomic mass is 79.9. The largest absolute Gasteiger partial charge is 0.316 e. The second-order valence-electron chi connectivity index (χ2n) is 5.39. The van der Waals surface area contributed by atoms with Crippen LogP contribution in [-0.4, -0.2) is 28.1 Å². The van der Waals surface area contributed by atoms with Crippen molar-refractivity contribution in [2.75, 3.05) is 13.1 Å². The number of halogens is 1. The lowest BCUT2D eigenvalue weighted by Gasteiger charge is -2.37. The minimum atomic E-state index is 0.615. The molecule has 5 heteroatoms. The van der Waals surface area contributed by atoms with Crippen LogP contribution >= 0.6 is 15.9 Å². The van der Waals surface area contributed by atoms with Gasteiger partial charge in [0.25, 0.3) is 0 Å². The van der Waals surface area contributed by atoms with Crippen LogP contribution in [0.3, 0.4) is 0 Å². The second kappa shape index (κ2) is 5.48. The molecule has 0 amide bonds. The average Bonchev–Trinajstić information content (AvgIpc) is 2.54. The summed E-state index contributed by atoms with van der Waals surface area (Å²) in [4.78, 5) is 0. The van der Waals surface area contributed by atoms with Crippen molar-refractivity contribution < 1.29 is 0 Å². The first kappa shape index (κ1) is 13.0. The summed E-state index contributed by atoms with van der Waals surface area (Å²) in [6.07, 6.45) is 2.57. The summed E-state index contributed by atoms with van der Waals surface area (Å²) in [6.45, 7) is 6.70. The SMILES string of the molecule is CC(C)CNCC1CCC1c1c(Br)nnn1C. The number of aromatic nitrogens is 3. The summed E-state index contributed by atoms with van der Waals surface area (Å²) in [5.74, 6) is 2.07. The summed E-state index contributed by atoms with van der Waals surface area (Å²) in [6, 6.07) is 0. The van der Waals surface area contributed by atoms with Gasteiger partial charge < -0.3 is 5.32 Å². The first-order valence-corrected chi connectivity index (χ1v) is 7.14. The molecule has 2 atom stereocenters. The number of hydrogen-bond acceptors (Lipinski definition) is 3. The first-order chi connectivity index (χ1) is 8.09. The Kier molecular flexibility index (Phi) is 4.20. The molecule has 1 fully saturated rings. The maximum absolute atomic E-state index is 4.07. The van der Waals surface area contributed by atoms with Crippen LogP contribution in [0.5, 0.6) is 0 Å². The van der Waals surface area contributed by atoms with Gasteiger partial charge in [-0.1, -0.05) is 19.1 Å². The zero-order valence-corrected chi connectivity index (χ0v) is 12.4. The molecule has 96 valence electrons. The highest BCUT2D eigenvalue weighted by Gasteiger charge is 2.35. The molecule has 0 aliphatic heterocycles. The van der Waals surface area contributed by atoms with Gasteiger partial charge in [-0.05, 0) is 53.7 Å². The lowest BCUT2D eigenvalue weighted by molar-refractivity contribution is 0.233. The molecule has 0 spiro atoms. The van der Waals surface area contributed by atoms with Gasteiger partial charge in [-0.3, -0.25) is 4.68 Å². The van der Waals surface area contributed by atoms with Gasteiger partial charge in [0.2, 0.25) is 0 Å². The van der Waals surface area contributed by atoms with Crippen LogP contribution in [0.4, 0.5) is 0 Å². The van der Waals surface area contributed by atoms with Gasteiger partial charge in [0, 0.05) is 13.0 Å². The second-order valence-corrected chi connectivity index (χ2v) is 6.14. The maximum Gasteiger partial charge on any atom is 0.151 e. The Morgan fingerprint density at radius 2 is 2.24 bits per heavy atom. The molecule has 0 radical (unpaired) electrons. The molecule has 1 heterocycles. The highest BCUT2D eigenvalue weighted by Crippen LogP contribution is 2.43. The Morgan fingerprint density at radius 3 is 2.71 bits per heavy atom. The minimum Gasteiger partial charge on any atom is -0.316 e. The highest BCUT2D eigenvalue weighted by molar-refractivity contribution is 9.10. The van der Waals surface area contributed by atoms with Gasteiger partial charge in [-0.25, -0.2) is 0 Å². The fourth-order valence-corrected chi connectivity index (χ4v) is 3.08. The van der Waals surface area contributed by atoms with E-state index in [2.05, 4.69) is 45.4 Å². The predicted octanol–water partition coefficient (Wildman–Crippen LogP) is 2.32. The van der Waals surface area contributed by atoms with E-state index in [0.717, 1.165) is 29.5 Å². The predicted molar refractivity (Wildman–Crippen MR) is 71.9 cm³/mol. The Morgan fingerprint density at radius 1 is 1.47 bits per heavy atom. The smallest absolute Gasteiger partial charge is 0.151 e. The molecule has 0 aromatic carbocycles. The quantitative estimate of drug-likeness (QED) is 0.907. The third-order valence-corrected chi connectivity index (χ3v) is 4.12. The van der Waals surface area contributed by atoms with E-state index in [-0.39, 0.29) is 0 Å². The van der Waals surface area contributed by atoms with Gasteiger partial charge in [0.1, 0.15) is 0 Å². The van der Waals surface area contributed by atoms with E-state index in [1.807, 2.05) is 11.7 Å². The van der Waals surface area contributed by atoms with Crippen molar-refractivity contribution in [3.8, 4) is 0 Å². The van der Waals surface area contributed by atoms with Crippen LogP contribution in [-0.2, 0) is 7.05 Å². The summed E-state index contributed by atoms with van der Waals surface area (Å²) in [5, 5.41) is 11.7. The van der Waals surface area contributed by atoms with Crippen molar-refractivity contribution in [2.45, 2.75) is 32.6 Å². The van der Waals surface area contributed by atoms with Crippen LogP contribution < -0.4 is 5.32 Å². The van der Waals surface area contributed by atoms with Crippen LogP contribution in [0.25, 0.3) is 0 Å². The van der Waals surface area contributed by atoms with E-state index in [9.17, 15) is 0 Å². The van der Waals surface area contributed by atoms with E-state index in [4.69, 9.17) is 0 Å². The third-order valence-electron chi connectivity index (χ3n) is 3.55. The molecule has 1 aliphatic rings. The Labute approximate surface area is 111 Å². The van der Waals surface area contributed by atoms with E-state index in [1.165, 1.54) is 18.5 Å². The Balaban J connectivity index is 1.90. The number of nitrogens with one attached hydrogen (secondary N) is 1. The Bertz CT molecular complexity index is 355. The van der Waals surface area contributed by atoms with Crippen molar-refractivity contribution in [1.82, 2.24) is 20.3 Å². The standard InChI is InChI=1S/C12H21BrN4/c1-8(2)6-14-7-9-4-5-10(9)11-12(13)15-16-17(11)3/h8-10,14H,4-7H2,1-3H3. The molecule has 1 saturated carbocycles. The molecule has 0 saturated heterocycles. The van der Waals surface area contributed by atoms with Gasteiger partial charge in [-0.2, -0.15) is 0 Å². The number of hydrogen-bond donors (Lipinski definition) is 1. The van der Waals surface area contributed by atoms with Crippen LogP contribution in [0.2, 0.25) is 0 Å². The topological polar surface area (TPSA) is 42.7 Å². The lowest BCUT2D eigenvalue weighted by Crippen LogP contribution is -2.36. The summed E-state index contributed by atoms with van der Waals surface area (Å²) >= 11 is 3.50. The fourth-order valence-electron chi connectivity index (χ4n) is 2.46. The third kappa shape index (κ3) is 2.88. The molecule has 2 rings (SSSR count). The molecular weight excluding hydrogens is 280 g/mol. The van der Waals surface area contributed by atoms with Crippen molar-refractivity contribution >= 4 is 15.9 Å². The Hall–Kier alpha value is -0.420. The molecule has 2 unspecified atom stereocenters. The van der Waals surface area contributed by atoms with E-state index < -0.39 is 0 Å². The number of rotatable bonds is 5. The maximum atomic E-state index is 4.07.